The Labute approximate surface area is 168 Å². The maximum absolute atomic E-state index is 13.4. The third-order valence-corrected chi connectivity index (χ3v) is 5.10. The van der Waals surface area contributed by atoms with Crippen molar-refractivity contribution in [3.05, 3.63) is 66.4 Å². The van der Waals surface area contributed by atoms with Crippen molar-refractivity contribution < 1.29 is 13.9 Å². The van der Waals surface area contributed by atoms with Gasteiger partial charge >= 0.3 is 0 Å². The van der Waals surface area contributed by atoms with E-state index in [0.717, 1.165) is 0 Å². The number of pyridine rings is 1. The zero-order chi connectivity index (χ0) is 20.1. The van der Waals surface area contributed by atoms with Crippen molar-refractivity contribution in [3.8, 4) is 11.4 Å². The molecule has 0 saturated heterocycles. The first-order valence-corrected chi connectivity index (χ1v) is 9.90. The number of amides is 1. The quantitative estimate of drug-likeness (QED) is 0.662. The first kappa shape index (κ1) is 19.1. The summed E-state index contributed by atoms with van der Waals surface area (Å²) in [5.74, 6) is 0.706. The fourth-order valence-corrected chi connectivity index (χ4v) is 3.54. The second kappa shape index (κ2) is 8.86. The molecule has 7 heteroatoms. The molecule has 1 aliphatic rings. The fourth-order valence-electron chi connectivity index (χ4n) is 3.54. The molecule has 2 heterocycles. The topological polar surface area (TPSA) is 69.0 Å². The molecule has 1 N–H and O–H groups in total. The van der Waals surface area contributed by atoms with Crippen LogP contribution in [0, 0.1) is 11.7 Å². The van der Waals surface area contributed by atoms with Crippen LogP contribution in [0.3, 0.4) is 0 Å². The highest BCUT2D eigenvalue weighted by Crippen LogP contribution is 2.27. The van der Waals surface area contributed by atoms with Gasteiger partial charge in [-0.1, -0.05) is 25.3 Å². The van der Waals surface area contributed by atoms with Crippen LogP contribution in [0.1, 0.15) is 42.6 Å². The van der Waals surface area contributed by atoms with Crippen molar-refractivity contribution in [3.63, 3.8) is 0 Å². The van der Waals surface area contributed by atoms with Gasteiger partial charge in [0.2, 0.25) is 0 Å². The van der Waals surface area contributed by atoms with E-state index in [1.165, 1.54) is 48.9 Å². The van der Waals surface area contributed by atoms with Crippen LogP contribution in [-0.4, -0.2) is 27.3 Å². The number of nitrogens with one attached hydrogen (secondary N) is 1. The summed E-state index contributed by atoms with van der Waals surface area (Å²) in [7, 11) is 0. The molecule has 0 atom stereocenters. The second-order valence-corrected chi connectivity index (χ2v) is 7.24. The van der Waals surface area contributed by atoms with Gasteiger partial charge in [-0.2, -0.15) is 5.10 Å². The molecule has 29 heavy (non-hydrogen) atoms. The van der Waals surface area contributed by atoms with E-state index in [1.807, 2.05) is 0 Å². The van der Waals surface area contributed by atoms with Crippen LogP contribution >= 0.6 is 0 Å². The molecule has 2 aromatic heterocycles. The Morgan fingerprint density at radius 2 is 2.03 bits per heavy atom. The number of halogens is 1. The maximum Gasteiger partial charge on any atom is 0.277 e. The van der Waals surface area contributed by atoms with Crippen LogP contribution in [0.25, 0.3) is 5.69 Å². The molecule has 0 aliphatic heterocycles. The van der Waals surface area contributed by atoms with E-state index in [4.69, 9.17) is 4.74 Å². The Morgan fingerprint density at radius 1 is 1.17 bits per heavy atom. The normalized spacial score (nSPS) is 14.5. The zero-order valence-electron chi connectivity index (χ0n) is 16.1. The van der Waals surface area contributed by atoms with E-state index in [2.05, 4.69) is 15.4 Å². The van der Waals surface area contributed by atoms with Crippen LogP contribution in [0.2, 0.25) is 0 Å². The third kappa shape index (κ3) is 4.80. The van der Waals surface area contributed by atoms with Crippen molar-refractivity contribution in [2.45, 2.75) is 32.1 Å². The monoisotopic (exact) mass is 394 g/mol. The van der Waals surface area contributed by atoms with Gasteiger partial charge < -0.3 is 10.1 Å². The van der Waals surface area contributed by atoms with Crippen LogP contribution in [-0.2, 0) is 0 Å². The van der Waals surface area contributed by atoms with Crippen LogP contribution in [0.5, 0.6) is 5.75 Å². The summed E-state index contributed by atoms with van der Waals surface area (Å²) >= 11 is 0. The molecule has 0 bridgehead atoms. The molecular weight excluding hydrogens is 371 g/mol. The van der Waals surface area contributed by atoms with Gasteiger partial charge in [-0.05, 0) is 55.2 Å². The van der Waals surface area contributed by atoms with E-state index >= 15 is 0 Å². The van der Waals surface area contributed by atoms with Crippen LogP contribution in [0.15, 0.2) is 54.9 Å². The number of benzene rings is 1. The largest absolute Gasteiger partial charge is 0.489 e. The zero-order valence-corrected chi connectivity index (χ0v) is 16.1. The molecule has 1 saturated carbocycles. The number of hydrogen-bond donors (Lipinski definition) is 1. The molecule has 4 rings (SSSR count). The van der Waals surface area contributed by atoms with Crippen molar-refractivity contribution in [1.29, 1.82) is 0 Å². The highest BCUT2D eigenvalue weighted by Gasteiger charge is 2.17. The fraction of sp³-hybridized carbons (Fsp3) is 0.318. The van der Waals surface area contributed by atoms with Crippen LogP contribution in [0.4, 0.5) is 10.2 Å². The summed E-state index contributed by atoms with van der Waals surface area (Å²) in [5.41, 5.74) is 0.747. The van der Waals surface area contributed by atoms with E-state index in [9.17, 15) is 9.18 Å². The summed E-state index contributed by atoms with van der Waals surface area (Å²) in [6, 6.07) is 11.2. The van der Waals surface area contributed by atoms with Crippen molar-refractivity contribution in [2.24, 2.45) is 5.92 Å². The molecule has 0 radical (unpaired) electrons. The highest BCUT2D eigenvalue weighted by atomic mass is 19.1. The molecular formula is C22H23FN4O2. The van der Waals surface area contributed by atoms with Gasteiger partial charge in [-0.15, -0.1) is 0 Å². The predicted molar refractivity (Wildman–Crippen MR) is 108 cm³/mol. The summed E-state index contributed by atoms with van der Waals surface area (Å²) < 4.78 is 20.8. The molecule has 1 amide bonds. The standard InChI is InChI=1S/C22H23FN4O2/c23-17-8-4-9-18(14-17)27-13-11-19(26-27)22(28)25-21-20(10-5-12-24-21)29-15-16-6-2-1-3-7-16/h4-5,8-14,16H,1-3,6-7,15H2,(H,24,25,28). The lowest BCUT2D eigenvalue weighted by atomic mass is 9.90. The minimum absolute atomic E-state index is 0.207. The first-order chi connectivity index (χ1) is 14.2. The van der Waals surface area contributed by atoms with Gasteiger partial charge in [0, 0.05) is 12.4 Å². The average Bonchev–Trinajstić information content (AvgIpc) is 3.24. The highest BCUT2D eigenvalue weighted by molar-refractivity contribution is 6.03. The van der Waals surface area contributed by atoms with Gasteiger partial charge in [0.1, 0.15) is 5.82 Å². The maximum atomic E-state index is 13.4. The van der Waals surface area contributed by atoms with Crippen LogP contribution < -0.4 is 10.1 Å². The molecule has 6 nitrogen and oxygen atoms in total. The van der Waals surface area contributed by atoms with Gasteiger partial charge in [0.25, 0.3) is 5.91 Å². The Balaban J connectivity index is 1.43. The number of carbonyl (C=O) groups excluding carboxylic acids is 1. The molecule has 1 aromatic carbocycles. The average molecular weight is 394 g/mol. The smallest absolute Gasteiger partial charge is 0.277 e. The lowest BCUT2D eigenvalue weighted by Crippen LogP contribution is -2.18. The minimum Gasteiger partial charge on any atom is -0.489 e. The Bertz CT molecular complexity index is 982. The molecule has 1 aliphatic carbocycles. The Morgan fingerprint density at radius 3 is 2.86 bits per heavy atom. The second-order valence-electron chi connectivity index (χ2n) is 7.24. The molecule has 1 fully saturated rings. The number of carbonyl (C=O) groups is 1. The number of hydrogen-bond acceptors (Lipinski definition) is 4. The Kier molecular flexibility index (Phi) is 5.84. The number of rotatable bonds is 6. The summed E-state index contributed by atoms with van der Waals surface area (Å²) in [4.78, 5) is 16.9. The summed E-state index contributed by atoms with van der Waals surface area (Å²) in [6.45, 7) is 0.628. The van der Waals surface area contributed by atoms with Crippen molar-refractivity contribution >= 4 is 11.7 Å². The van der Waals surface area contributed by atoms with E-state index in [0.29, 0.717) is 29.8 Å². The van der Waals surface area contributed by atoms with E-state index < -0.39 is 5.91 Å². The van der Waals surface area contributed by atoms with Gasteiger partial charge in [0.05, 0.1) is 12.3 Å². The molecule has 0 unspecified atom stereocenters. The molecule has 0 spiro atoms. The van der Waals surface area contributed by atoms with Gasteiger partial charge in [0.15, 0.2) is 17.3 Å². The van der Waals surface area contributed by atoms with E-state index in [-0.39, 0.29) is 11.5 Å². The van der Waals surface area contributed by atoms with Gasteiger partial charge in [-0.3, -0.25) is 4.79 Å². The lowest BCUT2D eigenvalue weighted by Gasteiger charge is -2.22. The molecule has 150 valence electrons. The summed E-state index contributed by atoms with van der Waals surface area (Å²) in [6.07, 6.45) is 9.38. The molecule has 3 aromatic rings. The van der Waals surface area contributed by atoms with Crippen molar-refractivity contribution in [1.82, 2.24) is 14.8 Å². The third-order valence-electron chi connectivity index (χ3n) is 5.10. The van der Waals surface area contributed by atoms with E-state index in [1.54, 1.807) is 42.7 Å². The minimum atomic E-state index is -0.402. The Hall–Kier alpha value is -3.22. The number of aromatic nitrogens is 3. The first-order valence-electron chi connectivity index (χ1n) is 9.90. The van der Waals surface area contributed by atoms with Gasteiger partial charge in [-0.25, -0.2) is 14.1 Å². The lowest BCUT2D eigenvalue weighted by molar-refractivity contribution is 0.102. The van der Waals surface area contributed by atoms with Crippen molar-refractivity contribution in [2.75, 3.05) is 11.9 Å². The predicted octanol–water partition coefficient (Wildman–Crippen LogP) is 4.62. The summed E-state index contributed by atoms with van der Waals surface area (Å²) in [5, 5.41) is 7.00. The number of anilines is 1. The number of nitrogens with zero attached hydrogens (tertiary/aromatic N) is 3. The number of ether oxygens (including phenoxy) is 1. The SMILES string of the molecule is O=C(Nc1ncccc1OCC1CCCCC1)c1ccn(-c2cccc(F)c2)n1.